The number of aromatic amines is 2. The van der Waals surface area contributed by atoms with Crippen LogP contribution in [0, 0.1) is 6.92 Å². The summed E-state index contributed by atoms with van der Waals surface area (Å²) in [5, 5.41) is 13.3. The van der Waals surface area contributed by atoms with Gasteiger partial charge in [0, 0.05) is 10.6 Å². The van der Waals surface area contributed by atoms with E-state index < -0.39 is 0 Å². The molecule has 2 heterocycles. The molecule has 0 aliphatic carbocycles. The number of hydrogen-bond donors (Lipinski definition) is 2. The Hall–Kier alpha value is -1.63. The normalized spacial score (nSPS) is 10.8. The largest absolute Gasteiger partial charge is 0.325 e. The summed E-state index contributed by atoms with van der Waals surface area (Å²) < 4.78 is 0. The molecule has 0 aliphatic rings. The lowest BCUT2D eigenvalue weighted by molar-refractivity contribution is 0.881. The molecule has 0 aromatic carbocycles. The van der Waals surface area contributed by atoms with Crippen LogP contribution in [0.3, 0.4) is 0 Å². The molecular formula is C11H15N5OS. The Morgan fingerprint density at radius 2 is 2.28 bits per heavy atom. The van der Waals surface area contributed by atoms with E-state index in [2.05, 4.69) is 32.5 Å². The Morgan fingerprint density at radius 3 is 2.94 bits per heavy atom. The van der Waals surface area contributed by atoms with Gasteiger partial charge in [0.15, 0.2) is 5.82 Å². The van der Waals surface area contributed by atoms with Gasteiger partial charge >= 0.3 is 0 Å². The molecule has 0 fully saturated rings. The number of hydrogen-bond acceptors (Lipinski definition) is 5. The van der Waals surface area contributed by atoms with Crippen molar-refractivity contribution in [3.63, 3.8) is 0 Å². The van der Waals surface area contributed by atoms with Gasteiger partial charge in [0.1, 0.15) is 0 Å². The first-order valence-electron chi connectivity index (χ1n) is 5.83. The van der Waals surface area contributed by atoms with Crippen molar-refractivity contribution in [1.82, 2.24) is 25.6 Å². The fourth-order valence-corrected chi connectivity index (χ4v) is 2.65. The zero-order chi connectivity index (χ0) is 13.0. The Kier molecular flexibility index (Phi) is 4.14. The second kappa shape index (κ2) is 5.81. The van der Waals surface area contributed by atoms with Crippen LogP contribution in [0.5, 0.6) is 0 Å². The topological polar surface area (TPSA) is 87.3 Å². The molecule has 96 valence electrons. The highest BCUT2D eigenvalue weighted by Gasteiger charge is 2.11. The van der Waals surface area contributed by atoms with Crippen LogP contribution in [0.2, 0.25) is 0 Å². The third kappa shape index (κ3) is 2.79. The van der Waals surface area contributed by atoms with Gasteiger partial charge in [0.2, 0.25) is 0 Å². The number of thioether (sulfide) groups is 1. The number of aromatic nitrogens is 5. The number of rotatable bonds is 5. The Balaban J connectivity index is 2.31. The van der Waals surface area contributed by atoms with Crippen LogP contribution >= 0.6 is 11.8 Å². The molecule has 6 nitrogen and oxygen atoms in total. The van der Waals surface area contributed by atoms with Crippen LogP contribution in [0.25, 0.3) is 11.4 Å². The number of tetrazole rings is 1. The van der Waals surface area contributed by atoms with Crippen molar-refractivity contribution in [1.29, 1.82) is 0 Å². The lowest BCUT2D eigenvalue weighted by Crippen LogP contribution is -2.11. The second-order valence-corrected chi connectivity index (χ2v) is 5.09. The van der Waals surface area contributed by atoms with Crippen LogP contribution in [-0.2, 0) is 0 Å². The molecular weight excluding hydrogens is 250 g/mol. The van der Waals surface area contributed by atoms with Crippen molar-refractivity contribution in [2.45, 2.75) is 31.6 Å². The van der Waals surface area contributed by atoms with Crippen molar-refractivity contribution < 1.29 is 0 Å². The minimum Gasteiger partial charge on any atom is -0.325 e. The lowest BCUT2D eigenvalue weighted by atomic mass is 10.2. The van der Waals surface area contributed by atoms with Gasteiger partial charge in [-0.3, -0.25) is 4.79 Å². The number of nitrogens with one attached hydrogen (secondary N) is 2. The predicted octanol–water partition coefficient (Wildman–Crippen LogP) is 1.76. The molecule has 2 aromatic heterocycles. The number of pyridine rings is 1. The summed E-state index contributed by atoms with van der Waals surface area (Å²) in [6.45, 7) is 4.06. The maximum Gasteiger partial charge on any atom is 0.259 e. The van der Waals surface area contributed by atoms with Gasteiger partial charge in [-0.05, 0) is 35.6 Å². The average Bonchev–Trinajstić information content (AvgIpc) is 2.85. The first-order chi connectivity index (χ1) is 8.72. The maximum absolute atomic E-state index is 11.8. The molecule has 0 aliphatic heterocycles. The van der Waals surface area contributed by atoms with Crippen molar-refractivity contribution in [2.24, 2.45) is 0 Å². The Bertz CT molecular complexity index is 563. The molecule has 0 amide bonds. The summed E-state index contributed by atoms with van der Waals surface area (Å²) in [5.41, 5.74) is 1.19. The predicted molar refractivity (Wildman–Crippen MR) is 70.6 cm³/mol. The van der Waals surface area contributed by atoms with Gasteiger partial charge in [-0.1, -0.05) is 13.3 Å². The van der Waals surface area contributed by atoms with Crippen LogP contribution in [0.15, 0.2) is 15.8 Å². The Labute approximate surface area is 109 Å². The van der Waals surface area contributed by atoms with E-state index >= 15 is 0 Å². The van der Waals surface area contributed by atoms with Crippen LogP contribution < -0.4 is 5.56 Å². The molecule has 0 bridgehead atoms. The molecule has 0 saturated heterocycles. The number of aryl methyl sites for hydroxylation is 1. The van der Waals surface area contributed by atoms with Crippen LogP contribution in [-0.4, -0.2) is 31.4 Å². The first-order valence-corrected chi connectivity index (χ1v) is 6.81. The van der Waals surface area contributed by atoms with Crippen molar-refractivity contribution >= 4 is 11.8 Å². The highest BCUT2D eigenvalue weighted by molar-refractivity contribution is 7.99. The van der Waals surface area contributed by atoms with E-state index in [1.165, 1.54) is 0 Å². The summed E-state index contributed by atoms with van der Waals surface area (Å²) in [6, 6.07) is 1.84. The average molecular weight is 265 g/mol. The maximum atomic E-state index is 11.8. The molecule has 2 N–H and O–H groups in total. The smallest absolute Gasteiger partial charge is 0.259 e. The van der Waals surface area contributed by atoms with Crippen LogP contribution in [0.1, 0.15) is 25.5 Å². The minimum absolute atomic E-state index is 0.175. The molecule has 2 aromatic rings. The van der Waals surface area contributed by atoms with E-state index in [-0.39, 0.29) is 5.56 Å². The monoisotopic (exact) mass is 265 g/mol. The number of H-pyrrole nitrogens is 2. The van der Waals surface area contributed by atoms with E-state index in [9.17, 15) is 4.79 Å². The molecule has 0 radical (unpaired) electrons. The van der Waals surface area contributed by atoms with Gasteiger partial charge in [-0.2, -0.15) is 0 Å². The standard InChI is InChI=1S/C11H15N5OS/c1-3-4-5-18-9-6-8(10-13-15-16-14-10)11(17)12-7(9)2/h6H,3-5H2,1-2H3,(H,12,17)(H,13,14,15,16). The fraction of sp³-hybridized carbons (Fsp3) is 0.455. The molecule has 0 unspecified atom stereocenters. The summed E-state index contributed by atoms with van der Waals surface area (Å²) in [6.07, 6.45) is 2.32. The molecule has 18 heavy (non-hydrogen) atoms. The van der Waals surface area contributed by atoms with E-state index in [4.69, 9.17) is 0 Å². The molecule has 7 heteroatoms. The summed E-state index contributed by atoms with van der Waals surface area (Å²) in [7, 11) is 0. The summed E-state index contributed by atoms with van der Waals surface area (Å²) in [4.78, 5) is 15.7. The zero-order valence-corrected chi connectivity index (χ0v) is 11.2. The third-order valence-corrected chi connectivity index (χ3v) is 3.77. The summed E-state index contributed by atoms with van der Waals surface area (Å²) >= 11 is 1.74. The SMILES string of the molecule is CCCCSc1cc(-c2nnn[nH]2)c(=O)[nH]c1C. The first kappa shape index (κ1) is 12.8. The second-order valence-electron chi connectivity index (χ2n) is 3.95. The van der Waals surface area contributed by atoms with Gasteiger partial charge in [-0.25, -0.2) is 5.10 Å². The Morgan fingerprint density at radius 1 is 1.44 bits per heavy atom. The van der Waals surface area contributed by atoms with E-state index in [0.717, 1.165) is 29.2 Å². The number of nitrogens with zero attached hydrogens (tertiary/aromatic N) is 3. The molecule has 0 atom stereocenters. The van der Waals surface area contributed by atoms with E-state index in [0.29, 0.717) is 11.4 Å². The molecule has 0 spiro atoms. The lowest BCUT2D eigenvalue weighted by Gasteiger charge is -2.06. The van der Waals surface area contributed by atoms with Gasteiger partial charge in [-0.15, -0.1) is 16.9 Å². The highest BCUT2D eigenvalue weighted by atomic mass is 32.2. The van der Waals surface area contributed by atoms with Crippen LogP contribution in [0.4, 0.5) is 0 Å². The quantitative estimate of drug-likeness (QED) is 0.635. The third-order valence-electron chi connectivity index (χ3n) is 2.55. The zero-order valence-electron chi connectivity index (χ0n) is 10.4. The molecule has 0 saturated carbocycles. The van der Waals surface area contributed by atoms with E-state index in [1.54, 1.807) is 11.8 Å². The van der Waals surface area contributed by atoms with Crippen molar-refractivity contribution in [3.8, 4) is 11.4 Å². The van der Waals surface area contributed by atoms with Crippen molar-refractivity contribution in [2.75, 3.05) is 5.75 Å². The minimum atomic E-state index is -0.175. The van der Waals surface area contributed by atoms with Gasteiger partial charge in [0.05, 0.1) is 5.56 Å². The molecule has 2 rings (SSSR count). The van der Waals surface area contributed by atoms with E-state index in [1.807, 2.05) is 13.0 Å². The summed E-state index contributed by atoms with van der Waals surface area (Å²) in [5.74, 6) is 1.44. The highest BCUT2D eigenvalue weighted by Crippen LogP contribution is 2.24. The van der Waals surface area contributed by atoms with Crippen molar-refractivity contribution in [3.05, 3.63) is 22.1 Å². The van der Waals surface area contributed by atoms with Gasteiger partial charge in [0.25, 0.3) is 5.56 Å². The number of unbranched alkanes of at least 4 members (excludes halogenated alkanes) is 1. The fourth-order valence-electron chi connectivity index (χ4n) is 1.53. The van der Waals surface area contributed by atoms with Gasteiger partial charge < -0.3 is 4.98 Å².